The lowest BCUT2D eigenvalue weighted by molar-refractivity contribution is 0.386. The van der Waals surface area contributed by atoms with Crippen LogP contribution in [0.1, 0.15) is 18.5 Å². The van der Waals surface area contributed by atoms with Crippen molar-refractivity contribution in [3.8, 4) is 11.5 Å². The first kappa shape index (κ1) is 14.2. The van der Waals surface area contributed by atoms with Crippen LogP contribution in [0.4, 0.5) is 10.1 Å². The number of hydrogen-bond acceptors (Lipinski definition) is 3. The summed E-state index contributed by atoms with van der Waals surface area (Å²) in [7, 11) is 3.08. The smallest absolute Gasteiger partial charge is 0.167 e. The molecule has 1 atom stereocenters. The van der Waals surface area contributed by atoms with Crippen molar-refractivity contribution in [1.29, 1.82) is 0 Å². The minimum Gasteiger partial charge on any atom is -0.496 e. The summed E-state index contributed by atoms with van der Waals surface area (Å²) in [5.74, 6) is 0.659. The Morgan fingerprint density at radius 1 is 1.00 bits per heavy atom. The molecule has 0 amide bonds. The highest BCUT2D eigenvalue weighted by atomic mass is 19.1. The van der Waals surface area contributed by atoms with Gasteiger partial charge in [0.15, 0.2) is 11.6 Å². The fraction of sp³-hybridized carbons (Fsp3) is 0.250. The number of para-hydroxylation sites is 1. The number of methoxy groups -OCH3 is 2. The Morgan fingerprint density at radius 3 is 2.35 bits per heavy atom. The van der Waals surface area contributed by atoms with Crippen molar-refractivity contribution in [2.45, 2.75) is 13.0 Å². The maximum Gasteiger partial charge on any atom is 0.167 e. The van der Waals surface area contributed by atoms with Crippen LogP contribution in [0, 0.1) is 5.82 Å². The second-order valence-electron chi connectivity index (χ2n) is 4.46. The average molecular weight is 275 g/mol. The quantitative estimate of drug-likeness (QED) is 0.894. The minimum absolute atomic E-state index is 0.000977. The molecule has 20 heavy (non-hydrogen) atoms. The van der Waals surface area contributed by atoms with Gasteiger partial charge in [-0.05, 0) is 25.1 Å². The molecular weight excluding hydrogens is 257 g/mol. The number of ether oxygens (including phenoxy) is 2. The average Bonchev–Trinajstić information content (AvgIpc) is 2.47. The maximum atomic E-state index is 13.7. The highest BCUT2D eigenvalue weighted by molar-refractivity contribution is 5.50. The van der Waals surface area contributed by atoms with Crippen LogP contribution in [0.5, 0.6) is 11.5 Å². The molecule has 0 aliphatic heterocycles. The van der Waals surface area contributed by atoms with E-state index in [-0.39, 0.29) is 17.6 Å². The van der Waals surface area contributed by atoms with Crippen LogP contribution in [0.2, 0.25) is 0 Å². The van der Waals surface area contributed by atoms with Crippen molar-refractivity contribution in [3.63, 3.8) is 0 Å². The van der Waals surface area contributed by atoms with Gasteiger partial charge in [0, 0.05) is 17.3 Å². The van der Waals surface area contributed by atoms with Crippen molar-refractivity contribution in [3.05, 3.63) is 53.8 Å². The molecule has 0 bridgehead atoms. The molecular formula is C16H18FNO2. The van der Waals surface area contributed by atoms with Gasteiger partial charge in [-0.25, -0.2) is 4.39 Å². The molecule has 2 rings (SSSR count). The molecule has 0 aliphatic carbocycles. The second kappa shape index (κ2) is 6.28. The van der Waals surface area contributed by atoms with E-state index >= 15 is 0 Å². The van der Waals surface area contributed by atoms with Gasteiger partial charge in [0.1, 0.15) is 5.75 Å². The monoisotopic (exact) mass is 275 g/mol. The number of nitrogens with one attached hydrogen (secondary N) is 1. The summed E-state index contributed by atoms with van der Waals surface area (Å²) in [6.45, 7) is 2.00. The zero-order valence-electron chi connectivity index (χ0n) is 11.8. The summed E-state index contributed by atoms with van der Waals surface area (Å²) in [5, 5.41) is 3.25. The summed E-state index contributed by atoms with van der Waals surface area (Å²) >= 11 is 0. The van der Waals surface area contributed by atoms with Crippen LogP contribution >= 0.6 is 0 Å². The first-order chi connectivity index (χ1) is 9.65. The van der Waals surface area contributed by atoms with Crippen LogP contribution in [0.25, 0.3) is 0 Å². The molecule has 1 N–H and O–H groups in total. The molecule has 0 radical (unpaired) electrons. The molecule has 0 heterocycles. The van der Waals surface area contributed by atoms with E-state index < -0.39 is 0 Å². The fourth-order valence-electron chi connectivity index (χ4n) is 2.11. The largest absolute Gasteiger partial charge is 0.496 e. The number of benzene rings is 2. The lowest BCUT2D eigenvalue weighted by atomic mass is 10.1. The summed E-state index contributed by atoms with van der Waals surface area (Å²) < 4.78 is 23.9. The van der Waals surface area contributed by atoms with Gasteiger partial charge >= 0.3 is 0 Å². The molecule has 1 unspecified atom stereocenters. The molecule has 0 aromatic heterocycles. The molecule has 0 fully saturated rings. The zero-order chi connectivity index (χ0) is 14.5. The van der Waals surface area contributed by atoms with E-state index in [1.807, 2.05) is 31.2 Å². The topological polar surface area (TPSA) is 30.5 Å². The van der Waals surface area contributed by atoms with Crippen LogP contribution in [0.15, 0.2) is 42.5 Å². The van der Waals surface area contributed by atoms with Gasteiger partial charge < -0.3 is 14.8 Å². The highest BCUT2D eigenvalue weighted by Gasteiger charge is 2.11. The van der Waals surface area contributed by atoms with Gasteiger partial charge in [0.05, 0.1) is 20.3 Å². The van der Waals surface area contributed by atoms with Gasteiger partial charge in [0.2, 0.25) is 0 Å². The number of rotatable bonds is 5. The second-order valence-corrected chi connectivity index (χ2v) is 4.46. The molecule has 2 aromatic rings. The van der Waals surface area contributed by atoms with E-state index in [0.717, 1.165) is 11.3 Å². The molecule has 0 spiro atoms. The molecule has 4 heteroatoms. The number of anilines is 1. The highest BCUT2D eigenvalue weighted by Crippen LogP contribution is 2.28. The van der Waals surface area contributed by atoms with E-state index in [1.54, 1.807) is 19.2 Å². The summed E-state index contributed by atoms with van der Waals surface area (Å²) in [4.78, 5) is 0. The van der Waals surface area contributed by atoms with E-state index in [1.165, 1.54) is 13.2 Å². The van der Waals surface area contributed by atoms with Gasteiger partial charge in [0.25, 0.3) is 0 Å². The summed E-state index contributed by atoms with van der Waals surface area (Å²) in [5.41, 5.74) is 1.72. The molecule has 0 saturated carbocycles. The molecule has 3 nitrogen and oxygen atoms in total. The Hall–Kier alpha value is -2.23. The molecule has 106 valence electrons. The Morgan fingerprint density at radius 2 is 1.70 bits per heavy atom. The van der Waals surface area contributed by atoms with E-state index in [9.17, 15) is 4.39 Å². The first-order valence-electron chi connectivity index (χ1n) is 6.38. The molecule has 0 aliphatic rings. The van der Waals surface area contributed by atoms with Gasteiger partial charge in [-0.1, -0.05) is 18.2 Å². The van der Waals surface area contributed by atoms with Crippen molar-refractivity contribution in [2.75, 3.05) is 19.5 Å². The predicted octanol–water partition coefficient (Wildman–Crippen LogP) is 4.02. The van der Waals surface area contributed by atoms with Crippen molar-refractivity contribution >= 4 is 5.69 Å². The van der Waals surface area contributed by atoms with Crippen molar-refractivity contribution < 1.29 is 13.9 Å². The SMILES string of the molecule is COc1ccc(NC(C)c2ccccc2OC)cc1F. The van der Waals surface area contributed by atoms with Gasteiger partial charge in [-0.15, -0.1) is 0 Å². The van der Waals surface area contributed by atoms with Crippen LogP contribution in [0.3, 0.4) is 0 Å². The third-order valence-corrected chi connectivity index (χ3v) is 3.14. The number of halogens is 1. The van der Waals surface area contributed by atoms with E-state index in [0.29, 0.717) is 5.69 Å². The lowest BCUT2D eigenvalue weighted by Gasteiger charge is -2.18. The Kier molecular flexibility index (Phi) is 4.45. The summed E-state index contributed by atoms with van der Waals surface area (Å²) in [6.07, 6.45) is 0. The van der Waals surface area contributed by atoms with Crippen LogP contribution < -0.4 is 14.8 Å². The normalized spacial score (nSPS) is 11.8. The fourth-order valence-corrected chi connectivity index (χ4v) is 2.11. The van der Waals surface area contributed by atoms with Crippen LogP contribution in [-0.2, 0) is 0 Å². The number of hydrogen-bond donors (Lipinski definition) is 1. The van der Waals surface area contributed by atoms with E-state index in [4.69, 9.17) is 9.47 Å². The first-order valence-corrected chi connectivity index (χ1v) is 6.38. The van der Waals surface area contributed by atoms with Gasteiger partial charge in [-0.3, -0.25) is 0 Å². The Bertz CT molecular complexity index is 586. The zero-order valence-corrected chi connectivity index (χ0v) is 11.8. The van der Waals surface area contributed by atoms with Gasteiger partial charge in [-0.2, -0.15) is 0 Å². The minimum atomic E-state index is -0.385. The third-order valence-electron chi connectivity index (χ3n) is 3.14. The Labute approximate surface area is 118 Å². The lowest BCUT2D eigenvalue weighted by Crippen LogP contribution is -2.08. The molecule has 0 saturated heterocycles. The Balaban J connectivity index is 2.19. The third kappa shape index (κ3) is 3.02. The van der Waals surface area contributed by atoms with Crippen LogP contribution in [-0.4, -0.2) is 14.2 Å². The van der Waals surface area contributed by atoms with Crippen molar-refractivity contribution in [1.82, 2.24) is 0 Å². The molecule has 2 aromatic carbocycles. The standard InChI is InChI=1S/C16H18FNO2/c1-11(13-6-4-5-7-15(13)19-2)18-12-8-9-16(20-3)14(17)10-12/h4-11,18H,1-3H3. The predicted molar refractivity (Wildman–Crippen MR) is 78.0 cm³/mol. The van der Waals surface area contributed by atoms with Crippen molar-refractivity contribution in [2.24, 2.45) is 0 Å². The maximum absolute atomic E-state index is 13.7. The summed E-state index contributed by atoms with van der Waals surface area (Å²) in [6, 6.07) is 12.6. The van der Waals surface area contributed by atoms with E-state index in [2.05, 4.69) is 5.32 Å².